The molecule has 2 aromatic carbocycles. The molecule has 0 saturated carbocycles. The minimum absolute atomic E-state index is 0.0469. The maximum Gasteiger partial charge on any atom is 0.246 e. The van der Waals surface area contributed by atoms with Crippen molar-refractivity contribution < 1.29 is 18.7 Å². The van der Waals surface area contributed by atoms with E-state index in [0.717, 1.165) is 6.07 Å². The number of carbonyl (C=O) groups excluding carboxylic acids is 1. The highest BCUT2D eigenvalue weighted by atomic mass is 127. The standard InChI is InChI=1S/C22H20ClF2IN4O2/c1-4-17(32)30(11-26)9-8-29(3)22-13-10-14(23)18(19-15(24)6-5-7-16(19)31)20(25)21(13)27-12(2)28-22/h4-7,10,31H,1,8-9,11H2,2-3H3. The number of phenolic OH excluding ortho intramolecular Hbond substituents is 1. The van der Waals surface area contributed by atoms with Crippen LogP contribution < -0.4 is 4.90 Å². The molecule has 10 heteroatoms. The highest BCUT2D eigenvalue weighted by Gasteiger charge is 2.24. The Morgan fingerprint density at radius 3 is 2.62 bits per heavy atom. The topological polar surface area (TPSA) is 69.6 Å². The summed E-state index contributed by atoms with van der Waals surface area (Å²) in [6.07, 6.45) is 1.25. The van der Waals surface area contributed by atoms with Gasteiger partial charge in [-0.3, -0.25) is 4.79 Å². The molecule has 0 fully saturated rings. The molecule has 0 bridgehead atoms. The van der Waals surface area contributed by atoms with E-state index in [-0.39, 0.29) is 27.6 Å². The fourth-order valence-electron chi connectivity index (χ4n) is 3.30. The van der Waals surface area contributed by atoms with Crippen LogP contribution in [0.2, 0.25) is 5.02 Å². The Balaban J connectivity index is 2.11. The number of hydrogen-bond acceptors (Lipinski definition) is 5. The third kappa shape index (κ3) is 4.63. The van der Waals surface area contributed by atoms with E-state index in [1.165, 1.54) is 24.3 Å². The Morgan fingerprint density at radius 1 is 1.28 bits per heavy atom. The van der Waals surface area contributed by atoms with Gasteiger partial charge in [0.15, 0.2) is 5.82 Å². The van der Waals surface area contributed by atoms with Crippen molar-refractivity contribution in [3.8, 4) is 16.9 Å². The number of anilines is 1. The van der Waals surface area contributed by atoms with Gasteiger partial charge in [0.2, 0.25) is 5.91 Å². The second kappa shape index (κ2) is 9.95. The van der Waals surface area contributed by atoms with Crippen molar-refractivity contribution >= 4 is 56.8 Å². The fourth-order valence-corrected chi connectivity index (χ4v) is 4.27. The van der Waals surface area contributed by atoms with Crippen LogP contribution in [-0.4, -0.2) is 50.6 Å². The number of hydrogen-bond donors (Lipinski definition) is 1. The zero-order chi connectivity index (χ0) is 23.6. The van der Waals surface area contributed by atoms with Crippen LogP contribution in [-0.2, 0) is 4.79 Å². The molecule has 0 aliphatic rings. The maximum absolute atomic E-state index is 15.6. The van der Waals surface area contributed by atoms with Crippen molar-refractivity contribution in [3.05, 3.63) is 59.4 Å². The van der Waals surface area contributed by atoms with E-state index in [0.29, 0.717) is 34.7 Å². The average molecular weight is 573 g/mol. The lowest BCUT2D eigenvalue weighted by Gasteiger charge is -2.25. The summed E-state index contributed by atoms with van der Waals surface area (Å²) in [5.74, 6) is -1.57. The number of fused-ring (bicyclic) bond motifs is 1. The van der Waals surface area contributed by atoms with Gasteiger partial charge >= 0.3 is 0 Å². The number of likely N-dealkylation sites (N-methyl/N-ethyl adjacent to an activating group) is 1. The number of aromatic nitrogens is 2. The van der Waals surface area contributed by atoms with Gasteiger partial charge in [-0.1, -0.05) is 46.8 Å². The van der Waals surface area contributed by atoms with Crippen LogP contribution in [0.4, 0.5) is 14.6 Å². The number of phenols is 1. The normalized spacial score (nSPS) is 10.9. The van der Waals surface area contributed by atoms with E-state index >= 15 is 4.39 Å². The van der Waals surface area contributed by atoms with Gasteiger partial charge < -0.3 is 14.9 Å². The van der Waals surface area contributed by atoms with Crippen LogP contribution in [0.25, 0.3) is 22.0 Å². The highest BCUT2D eigenvalue weighted by Crippen LogP contribution is 2.42. The molecular formula is C22H20ClF2IN4O2. The molecule has 6 nitrogen and oxygen atoms in total. The molecule has 0 saturated heterocycles. The largest absolute Gasteiger partial charge is 0.507 e. The Bertz CT molecular complexity index is 1190. The number of rotatable bonds is 7. The van der Waals surface area contributed by atoms with Gasteiger partial charge in [0.1, 0.15) is 28.7 Å². The Morgan fingerprint density at radius 2 is 2.00 bits per heavy atom. The Kier molecular flexibility index (Phi) is 7.50. The molecule has 3 aromatic rings. The van der Waals surface area contributed by atoms with Crippen LogP contribution in [0.1, 0.15) is 5.82 Å². The lowest BCUT2D eigenvalue weighted by Crippen LogP contribution is -2.36. The molecule has 0 unspecified atom stereocenters. The van der Waals surface area contributed by atoms with Crippen LogP contribution in [0, 0.1) is 18.6 Å². The summed E-state index contributed by atoms with van der Waals surface area (Å²) >= 11 is 8.44. The van der Waals surface area contributed by atoms with E-state index in [1.807, 2.05) is 0 Å². The molecule has 1 aromatic heterocycles. The molecule has 0 atom stereocenters. The molecule has 0 spiro atoms. The first-order chi connectivity index (χ1) is 15.2. The first kappa shape index (κ1) is 24.1. The summed E-state index contributed by atoms with van der Waals surface area (Å²) in [5.41, 5.74) is -0.646. The first-order valence-electron chi connectivity index (χ1n) is 9.52. The van der Waals surface area contributed by atoms with Crippen LogP contribution in [0.5, 0.6) is 5.75 Å². The van der Waals surface area contributed by atoms with Crippen molar-refractivity contribution in [2.75, 3.05) is 29.6 Å². The smallest absolute Gasteiger partial charge is 0.246 e. The van der Waals surface area contributed by atoms with Crippen molar-refractivity contribution in [3.63, 3.8) is 0 Å². The number of aryl methyl sites for hydroxylation is 1. The maximum atomic E-state index is 15.6. The average Bonchev–Trinajstić information content (AvgIpc) is 2.75. The number of aromatic hydroxyl groups is 1. The second-order valence-electron chi connectivity index (χ2n) is 7.02. The van der Waals surface area contributed by atoms with Crippen LogP contribution >= 0.6 is 34.2 Å². The SMILES string of the molecule is C=CC(=O)N(CI)CCN(C)c1nc(C)nc2c(F)c(-c3c(O)cccc3F)c(Cl)cc12. The second-order valence-corrected chi connectivity index (χ2v) is 8.11. The molecule has 0 aliphatic heterocycles. The zero-order valence-electron chi connectivity index (χ0n) is 17.4. The molecule has 32 heavy (non-hydrogen) atoms. The Labute approximate surface area is 202 Å². The van der Waals surface area contributed by atoms with Gasteiger partial charge in [-0.05, 0) is 31.2 Å². The lowest BCUT2D eigenvalue weighted by atomic mass is 10.0. The van der Waals surface area contributed by atoms with Crippen molar-refractivity contribution in [1.82, 2.24) is 14.9 Å². The molecule has 0 aliphatic carbocycles. The summed E-state index contributed by atoms with van der Waals surface area (Å²) in [4.78, 5) is 23.9. The molecule has 1 amide bonds. The Hall–Kier alpha value is -2.53. The molecular weight excluding hydrogens is 553 g/mol. The number of benzene rings is 2. The van der Waals surface area contributed by atoms with Gasteiger partial charge in [-0.25, -0.2) is 18.7 Å². The van der Waals surface area contributed by atoms with Crippen LogP contribution in [0.15, 0.2) is 36.9 Å². The first-order valence-corrected chi connectivity index (χ1v) is 11.4. The monoisotopic (exact) mass is 572 g/mol. The van der Waals surface area contributed by atoms with E-state index in [4.69, 9.17) is 11.6 Å². The molecule has 1 heterocycles. The number of alkyl halides is 1. The summed E-state index contributed by atoms with van der Waals surface area (Å²) in [6.45, 7) is 5.92. The zero-order valence-corrected chi connectivity index (χ0v) is 20.3. The minimum atomic E-state index is -0.858. The lowest BCUT2D eigenvalue weighted by molar-refractivity contribution is -0.124. The third-order valence-corrected chi connectivity index (χ3v) is 6.04. The predicted molar refractivity (Wildman–Crippen MR) is 130 cm³/mol. The van der Waals surface area contributed by atoms with Gasteiger partial charge in [-0.15, -0.1) is 0 Å². The van der Waals surface area contributed by atoms with Gasteiger partial charge in [-0.2, -0.15) is 0 Å². The third-order valence-electron chi connectivity index (χ3n) is 4.91. The highest BCUT2D eigenvalue weighted by molar-refractivity contribution is 14.1. The van der Waals surface area contributed by atoms with Gasteiger partial charge in [0.25, 0.3) is 0 Å². The van der Waals surface area contributed by atoms with Gasteiger partial charge in [0, 0.05) is 31.1 Å². The summed E-state index contributed by atoms with van der Waals surface area (Å²) in [6, 6.07) is 5.14. The summed E-state index contributed by atoms with van der Waals surface area (Å²) in [7, 11) is 1.76. The molecule has 168 valence electrons. The predicted octanol–water partition coefficient (Wildman–Crippen LogP) is 5.09. The molecule has 3 rings (SSSR count). The summed E-state index contributed by atoms with van der Waals surface area (Å²) < 4.78 is 30.5. The van der Waals surface area contributed by atoms with E-state index in [2.05, 4.69) is 39.1 Å². The fraction of sp³-hybridized carbons (Fsp3) is 0.227. The minimum Gasteiger partial charge on any atom is -0.507 e. The quantitative estimate of drug-likeness (QED) is 0.185. The van der Waals surface area contributed by atoms with E-state index < -0.39 is 17.4 Å². The molecule has 0 radical (unpaired) electrons. The van der Waals surface area contributed by atoms with Crippen molar-refractivity contribution in [2.24, 2.45) is 0 Å². The van der Waals surface area contributed by atoms with Crippen molar-refractivity contribution in [2.45, 2.75) is 6.92 Å². The number of nitrogens with zero attached hydrogens (tertiary/aromatic N) is 4. The number of amides is 1. The summed E-state index contributed by atoms with van der Waals surface area (Å²) in [5, 5.41) is 10.4. The number of halogens is 4. The van der Waals surface area contributed by atoms with Gasteiger partial charge in [0.05, 0.1) is 15.1 Å². The van der Waals surface area contributed by atoms with Crippen molar-refractivity contribution in [1.29, 1.82) is 0 Å². The molecule has 1 N–H and O–H groups in total. The van der Waals surface area contributed by atoms with Crippen LogP contribution in [0.3, 0.4) is 0 Å². The van der Waals surface area contributed by atoms with E-state index in [1.54, 1.807) is 23.8 Å². The van der Waals surface area contributed by atoms with E-state index in [9.17, 15) is 14.3 Å². The number of carbonyl (C=O) groups is 1.